The number of ether oxygens (including phenoxy) is 1. The fourth-order valence-corrected chi connectivity index (χ4v) is 3.85. The SMILES string of the molecule is CC1(OCc2nc(C3CC4CCC3C4)no2)CNC1. The van der Waals surface area contributed by atoms with E-state index in [1.54, 1.807) is 0 Å². The minimum atomic E-state index is -0.0545. The first-order valence-electron chi connectivity index (χ1n) is 7.39. The zero-order valence-corrected chi connectivity index (χ0v) is 11.4. The van der Waals surface area contributed by atoms with Gasteiger partial charge in [-0.2, -0.15) is 4.98 Å². The molecular formula is C14H21N3O2. The third-order valence-corrected chi connectivity index (χ3v) is 5.10. The highest BCUT2D eigenvalue weighted by atomic mass is 16.5. The van der Waals surface area contributed by atoms with Crippen LogP contribution >= 0.6 is 0 Å². The van der Waals surface area contributed by atoms with Gasteiger partial charge in [0.15, 0.2) is 5.82 Å². The molecule has 1 N–H and O–H groups in total. The molecule has 0 radical (unpaired) electrons. The first-order valence-corrected chi connectivity index (χ1v) is 7.39. The molecule has 3 unspecified atom stereocenters. The molecule has 3 fully saturated rings. The van der Waals surface area contributed by atoms with Crippen molar-refractivity contribution in [3.05, 3.63) is 11.7 Å². The van der Waals surface area contributed by atoms with E-state index in [0.717, 1.165) is 30.7 Å². The van der Waals surface area contributed by atoms with Crippen LogP contribution in [0.2, 0.25) is 0 Å². The molecule has 0 amide bonds. The summed E-state index contributed by atoms with van der Waals surface area (Å²) in [4.78, 5) is 4.55. The Morgan fingerprint density at radius 2 is 2.26 bits per heavy atom. The topological polar surface area (TPSA) is 60.2 Å². The molecule has 19 heavy (non-hydrogen) atoms. The maximum atomic E-state index is 5.83. The molecule has 0 spiro atoms. The van der Waals surface area contributed by atoms with Crippen molar-refractivity contribution >= 4 is 0 Å². The van der Waals surface area contributed by atoms with E-state index in [1.165, 1.54) is 25.7 Å². The fourth-order valence-electron chi connectivity index (χ4n) is 3.85. The van der Waals surface area contributed by atoms with Crippen LogP contribution in [0.3, 0.4) is 0 Å². The van der Waals surface area contributed by atoms with Gasteiger partial charge in [-0.1, -0.05) is 11.6 Å². The van der Waals surface area contributed by atoms with Crippen molar-refractivity contribution in [1.82, 2.24) is 15.5 Å². The Bertz CT molecular complexity index is 469. The molecule has 3 aliphatic rings. The Labute approximate surface area is 113 Å². The van der Waals surface area contributed by atoms with Crippen molar-refractivity contribution < 1.29 is 9.26 Å². The molecule has 2 bridgehead atoms. The van der Waals surface area contributed by atoms with Gasteiger partial charge >= 0.3 is 0 Å². The van der Waals surface area contributed by atoms with E-state index >= 15 is 0 Å². The van der Waals surface area contributed by atoms with Gasteiger partial charge in [-0.3, -0.25) is 0 Å². The number of nitrogens with one attached hydrogen (secondary N) is 1. The lowest BCUT2D eigenvalue weighted by atomic mass is 9.88. The van der Waals surface area contributed by atoms with Gasteiger partial charge < -0.3 is 14.6 Å². The van der Waals surface area contributed by atoms with E-state index in [0.29, 0.717) is 18.4 Å². The predicted octanol–water partition coefficient (Wildman–Crippen LogP) is 1.85. The number of aromatic nitrogens is 2. The Kier molecular flexibility index (Phi) is 2.67. The Morgan fingerprint density at radius 1 is 1.37 bits per heavy atom. The van der Waals surface area contributed by atoms with E-state index in [1.807, 2.05) is 0 Å². The van der Waals surface area contributed by atoms with Crippen LogP contribution in [-0.2, 0) is 11.3 Å². The molecule has 5 nitrogen and oxygen atoms in total. The average Bonchev–Trinajstić information content (AvgIpc) is 3.09. The second kappa shape index (κ2) is 4.28. The lowest BCUT2D eigenvalue weighted by Crippen LogP contribution is -2.58. The minimum absolute atomic E-state index is 0.0545. The van der Waals surface area contributed by atoms with Crippen molar-refractivity contribution in [2.45, 2.75) is 50.7 Å². The van der Waals surface area contributed by atoms with Crippen molar-refractivity contribution in [3.63, 3.8) is 0 Å². The van der Waals surface area contributed by atoms with Crippen molar-refractivity contribution in [2.75, 3.05) is 13.1 Å². The second-order valence-corrected chi connectivity index (χ2v) is 6.67. The highest BCUT2D eigenvalue weighted by Crippen LogP contribution is 2.52. The summed E-state index contributed by atoms with van der Waals surface area (Å²) in [5.41, 5.74) is -0.0545. The highest BCUT2D eigenvalue weighted by Gasteiger charge is 2.42. The first kappa shape index (κ1) is 11.9. The molecule has 1 aromatic heterocycles. The summed E-state index contributed by atoms with van der Waals surface area (Å²) in [6, 6.07) is 0. The van der Waals surface area contributed by atoms with Crippen molar-refractivity contribution in [3.8, 4) is 0 Å². The molecule has 2 aliphatic carbocycles. The Hall–Kier alpha value is -0.940. The lowest BCUT2D eigenvalue weighted by molar-refractivity contribution is -0.0841. The van der Waals surface area contributed by atoms with E-state index in [4.69, 9.17) is 9.26 Å². The third kappa shape index (κ3) is 2.09. The van der Waals surface area contributed by atoms with Gasteiger partial charge in [-0.25, -0.2) is 0 Å². The first-order chi connectivity index (χ1) is 9.22. The molecule has 0 aromatic carbocycles. The molecule has 5 heteroatoms. The molecule has 104 valence electrons. The van der Waals surface area contributed by atoms with Gasteiger partial charge in [0.25, 0.3) is 5.89 Å². The molecular weight excluding hydrogens is 242 g/mol. The molecule has 2 heterocycles. The number of hydrogen-bond acceptors (Lipinski definition) is 5. The van der Waals surface area contributed by atoms with E-state index in [2.05, 4.69) is 22.4 Å². The molecule has 1 aromatic rings. The molecule has 4 rings (SSSR count). The standard InChI is InChI=1S/C14H21N3O2/c1-14(7-15-8-14)18-6-12-16-13(17-19-12)11-5-9-2-3-10(11)4-9/h9-11,15H,2-8H2,1H3. The molecule has 1 aliphatic heterocycles. The number of hydrogen-bond donors (Lipinski definition) is 1. The molecule has 3 atom stereocenters. The third-order valence-electron chi connectivity index (χ3n) is 5.10. The fraction of sp³-hybridized carbons (Fsp3) is 0.857. The van der Waals surface area contributed by atoms with Crippen LogP contribution in [-0.4, -0.2) is 28.8 Å². The van der Waals surface area contributed by atoms with Crippen molar-refractivity contribution in [1.29, 1.82) is 0 Å². The summed E-state index contributed by atoms with van der Waals surface area (Å²) in [6.07, 6.45) is 5.38. The van der Waals surface area contributed by atoms with Gasteiger partial charge in [0.1, 0.15) is 6.61 Å². The van der Waals surface area contributed by atoms with Gasteiger partial charge in [0.05, 0.1) is 5.60 Å². The van der Waals surface area contributed by atoms with Crippen LogP contribution in [0.1, 0.15) is 50.2 Å². The summed E-state index contributed by atoms with van der Waals surface area (Å²) < 4.78 is 11.2. The van der Waals surface area contributed by atoms with Crippen LogP contribution in [0.4, 0.5) is 0 Å². The van der Waals surface area contributed by atoms with Crippen LogP contribution in [0.15, 0.2) is 4.52 Å². The Balaban J connectivity index is 1.39. The summed E-state index contributed by atoms with van der Waals surface area (Å²) in [5, 5.41) is 7.39. The second-order valence-electron chi connectivity index (χ2n) is 6.67. The highest BCUT2D eigenvalue weighted by molar-refractivity contribution is 5.06. The summed E-state index contributed by atoms with van der Waals surface area (Å²) >= 11 is 0. The Morgan fingerprint density at radius 3 is 2.89 bits per heavy atom. The maximum Gasteiger partial charge on any atom is 0.252 e. The van der Waals surface area contributed by atoms with Gasteiger partial charge in [-0.05, 0) is 38.0 Å². The van der Waals surface area contributed by atoms with E-state index in [9.17, 15) is 0 Å². The quantitative estimate of drug-likeness (QED) is 0.898. The average molecular weight is 263 g/mol. The summed E-state index contributed by atoms with van der Waals surface area (Å²) in [5.74, 6) is 3.80. The van der Waals surface area contributed by atoms with Gasteiger partial charge in [-0.15, -0.1) is 0 Å². The van der Waals surface area contributed by atoms with E-state index in [-0.39, 0.29) is 5.60 Å². The van der Waals surface area contributed by atoms with Crippen LogP contribution in [0, 0.1) is 11.8 Å². The maximum absolute atomic E-state index is 5.83. The van der Waals surface area contributed by atoms with Crippen LogP contribution in [0.5, 0.6) is 0 Å². The van der Waals surface area contributed by atoms with E-state index < -0.39 is 0 Å². The number of rotatable bonds is 4. The largest absolute Gasteiger partial charge is 0.363 e. The summed E-state index contributed by atoms with van der Waals surface area (Å²) in [7, 11) is 0. The van der Waals surface area contributed by atoms with Gasteiger partial charge in [0.2, 0.25) is 0 Å². The number of fused-ring (bicyclic) bond motifs is 2. The lowest BCUT2D eigenvalue weighted by Gasteiger charge is -2.38. The normalized spacial score (nSPS) is 35.5. The predicted molar refractivity (Wildman–Crippen MR) is 68.6 cm³/mol. The zero-order chi connectivity index (χ0) is 12.9. The molecule has 2 saturated carbocycles. The minimum Gasteiger partial charge on any atom is -0.363 e. The monoisotopic (exact) mass is 263 g/mol. The van der Waals surface area contributed by atoms with Crippen molar-refractivity contribution in [2.24, 2.45) is 11.8 Å². The summed E-state index contributed by atoms with van der Waals surface area (Å²) in [6.45, 7) is 4.35. The van der Waals surface area contributed by atoms with Crippen LogP contribution in [0.25, 0.3) is 0 Å². The number of nitrogens with zero attached hydrogens (tertiary/aromatic N) is 2. The molecule has 1 saturated heterocycles. The van der Waals surface area contributed by atoms with Gasteiger partial charge in [0, 0.05) is 19.0 Å². The smallest absolute Gasteiger partial charge is 0.252 e. The van der Waals surface area contributed by atoms with Crippen LogP contribution < -0.4 is 5.32 Å². The zero-order valence-electron chi connectivity index (χ0n) is 11.4.